The minimum Gasteiger partial charge on any atom is -0.508 e. The Bertz CT molecular complexity index is 630. The predicted octanol–water partition coefficient (Wildman–Crippen LogP) is 3.76. The van der Waals surface area contributed by atoms with Gasteiger partial charge in [-0.1, -0.05) is 15.9 Å². The molecule has 0 fully saturated rings. The molecule has 2 N–H and O–H groups in total. The van der Waals surface area contributed by atoms with E-state index >= 15 is 0 Å². The molecule has 19 heavy (non-hydrogen) atoms. The third-order valence-electron chi connectivity index (χ3n) is 2.55. The number of halogens is 1. The second-order valence-corrected chi connectivity index (χ2v) is 4.86. The molecule has 2 aromatic rings. The molecule has 0 amide bonds. The molecule has 2 aromatic carbocycles. The van der Waals surface area contributed by atoms with Gasteiger partial charge in [-0.2, -0.15) is 0 Å². The summed E-state index contributed by atoms with van der Waals surface area (Å²) in [5.41, 5.74) is 0.949. The van der Waals surface area contributed by atoms with E-state index in [4.69, 9.17) is 0 Å². The van der Waals surface area contributed by atoms with E-state index in [0.717, 1.165) is 4.47 Å². The maximum atomic E-state index is 11.9. The Labute approximate surface area is 119 Å². The van der Waals surface area contributed by atoms with E-state index in [2.05, 4.69) is 15.9 Å². The number of ketones is 1. The summed E-state index contributed by atoms with van der Waals surface area (Å²) in [4.78, 5) is 11.9. The van der Waals surface area contributed by atoms with Gasteiger partial charge in [-0.3, -0.25) is 4.79 Å². The molecule has 0 aromatic heterocycles. The smallest absolute Gasteiger partial charge is 0.185 e. The van der Waals surface area contributed by atoms with E-state index in [1.807, 2.05) is 0 Å². The summed E-state index contributed by atoms with van der Waals surface area (Å²) in [6.07, 6.45) is 2.83. The molecule has 3 nitrogen and oxygen atoms in total. The Morgan fingerprint density at radius 1 is 1.05 bits per heavy atom. The molecule has 0 unspecified atom stereocenters. The van der Waals surface area contributed by atoms with Crippen molar-refractivity contribution in [1.82, 2.24) is 0 Å². The lowest BCUT2D eigenvalue weighted by Crippen LogP contribution is -1.93. The van der Waals surface area contributed by atoms with E-state index in [1.165, 1.54) is 30.4 Å². The van der Waals surface area contributed by atoms with Gasteiger partial charge in [0.05, 0.1) is 0 Å². The Kier molecular flexibility index (Phi) is 4.02. The molecule has 2 rings (SSSR count). The molecule has 0 saturated heterocycles. The first-order chi connectivity index (χ1) is 9.06. The van der Waals surface area contributed by atoms with Crippen LogP contribution in [0.25, 0.3) is 6.08 Å². The number of hydrogen-bond acceptors (Lipinski definition) is 3. The molecular weight excluding hydrogens is 308 g/mol. The van der Waals surface area contributed by atoms with Crippen molar-refractivity contribution in [2.24, 2.45) is 0 Å². The highest BCUT2D eigenvalue weighted by molar-refractivity contribution is 9.10. The molecule has 0 aliphatic heterocycles. The number of rotatable bonds is 3. The third-order valence-corrected chi connectivity index (χ3v) is 3.08. The van der Waals surface area contributed by atoms with E-state index in [0.29, 0.717) is 11.1 Å². The van der Waals surface area contributed by atoms with E-state index in [9.17, 15) is 15.0 Å². The normalized spacial score (nSPS) is 10.8. The number of benzene rings is 2. The van der Waals surface area contributed by atoms with Gasteiger partial charge in [-0.25, -0.2) is 0 Å². The summed E-state index contributed by atoms with van der Waals surface area (Å²) in [5, 5.41) is 18.9. The van der Waals surface area contributed by atoms with Crippen LogP contribution in [0.3, 0.4) is 0 Å². The maximum absolute atomic E-state index is 11.9. The van der Waals surface area contributed by atoms with Gasteiger partial charge in [-0.15, -0.1) is 0 Å². The molecule has 0 aliphatic carbocycles. The number of aromatic hydroxyl groups is 2. The number of carbonyl (C=O) groups is 1. The third kappa shape index (κ3) is 3.45. The van der Waals surface area contributed by atoms with Crippen molar-refractivity contribution in [2.45, 2.75) is 0 Å². The van der Waals surface area contributed by atoms with Crippen molar-refractivity contribution in [2.75, 3.05) is 0 Å². The van der Waals surface area contributed by atoms with Gasteiger partial charge in [0.25, 0.3) is 0 Å². The lowest BCUT2D eigenvalue weighted by molar-refractivity contribution is 0.104. The second kappa shape index (κ2) is 5.71. The maximum Gasteiger partial charge on any atom is 0.185 e. The van der Waals surface area contributed by atoms with Gasteiger partial charge in [0.1, 0.15) is 11.5 Å². The van der Waals surface area contributed by atoms with Crippen molar-refractivity contribution >= 4 is 27.8 Å². The van der Waals surface area contributed by atoms with Crippen LogP contribution in [0.4, 0.5) is 0 Å². The largest absolute Gasteiger partial charge is 0.508 e. The van der Waals surface area contributed by atoms with Crippen LogP contribution in [0.1, 0.15) is 15.9 Å². The molecule has 0 spiro atoms. The van der Waals surface area contributed by atoms with Crippen LogP contribution in [0, 0.1) is 0 Å². The number of carbonyl (C=O) groups excluding carboxylic acids is 1. The van der Waals surface area contributed by atoms with Gasteiger partial charge >= 0.3 is 0 Å². The Balaban J connectivity index is 2.20. The topological polar surface area (TPSA) is 57.5 Å². The van der Waals surface area contributed by atoms with Crippen LogP contribution in [-0.4, -0.2) is 16.0 Å². The van der Waals surface area contributed by atoms with Crippen LogP contribution < -0.4 is 0 Å². The highest BCUT2D eigenvalue weighted by atomic mass is 79.9. The van der Waals surface area contributed by atoms with Crippen LogP contribution in [-0.2, 0) is 0 Å². The van der Waals surface area contributed by atoms with Crippen LogP contribution in [0.15, 0.2) is 53.0 Å². The lowest BCUT2D eigenvalue weighted by Gasteiger charge is -2.00. The van der Waals surface area contributed by atoms with Crippen LogP contribution in [0.2, 0.25) is 0 Å². The first-order valence-corrected chi connectivity index (χ1v) is 6.35. The molecule has 0 aliphatic rings. The molecule has 4 heteroatoms. The first-order valence-electron chi connectivity index (χ1n) is 5.56. The fourth-order valence-corrected chi connectivity index (χ4v) is 1.82. The zero-order valence-corrected chi connectivity index (χ0v) is 11.5. The van der Waals surface area contributed by atoms with Crippen LogP contribution in [0.5, 0.6) is 11.5 Å². The molecule has 0 heterocycles. The molecule has 96 valence electrons. The standard InChI is InChI=1S/C15H11BrO3/c16-12-4-1-10(2-5-12)14(18)7-3-11-9-13(17)6-8-15(11)19/h1-9,17,19H/b7-3+. The number of allylic oxidation sites excluding steroid dienone is 1. The van der Waals surface area contributed by atoms with E-state index in [-0.39, 0.29) is 17.3 Å². The fraction of sp³-hybridized carbons (Fsp3) is 0. The molecule has 0 radical (unpaired) electrons. The molecule has 0 atom stereocenters. The Morgan fingerprint density at radius 3 is 2.42 bits per heavy atom. The van der Waals surface area contributed by atoms with Gasteiger partial charge in [0.15, 0.2) is 5.78 Å². The Morgan fingerprint density at radius 2 is 1.74 bits per heavy atom. The lowest BCUT2D eigenvalue weighted by atomic mass is 10.1. The molecular formula is C15H11BrO3. The van der Waals surface area contributed by atoms with Crippen molar-refractivity contribution in [3.8, 4) is 11.5 Å². The first kappa shape index (κ1) is 13.4. The minimum absolute atomic E-state index is 0.0117. The van der Waals surface area contributed by atoms with Gasteiger partial charge < -0.3 is 10.2 Å². The number of phenolic OH excluding ortho intramolecular Hbond substituents is 2. The fourth-order valence-electron chi connectivity index (χ4n) is 1.55. The number of phenols is 2. The zero-order valence-electron chi connectivity index (χ0n) is 9.88. The van der Waals surface area contributed by atoms with Crippen LogP contribution >= 0.6 is 15.9 Å². The highest BCUT2D eigenvalue weighted by Gasteiger charge is 2.03. The summed E-state index contributed by atoms with van der Waals surface area (Å²) >= 11 is 3.30. The van der Waals surface area contributed by atoms with Crippen molar-refractivity contribution in [1.29, 1.82) is 0 Å². The van der Waals surface area contributed by atoms with E-state index in [1.54, 1.807) is 24.3 Å². The quantitative estimate of drug-likeness (QED) is 0.514. The van der Waals surface area contributed by atoms with Crippen molar-refractivity contribution < 1.29 is 15.0 Å². The average molecular weight is 319 g/mol. The summed E-state index contributed by atoms with van der Waals surface area (Å²) in [5.74, 6) is -0.124. The van der Waals surface area contributed by atoms with Gasteiger partial charge in [-0.05, 0) is 54.6 Å². The highest BCUT2D eigenvalue weighted by Crippen LogP contribution is 2.23. The predicted molar refractivity (Wildman–Crippen MR) is 77.3 cm³/mol. The van der Waals surface area contributed by atoms with Gasteiger partial charge in [0, 0.05) is 15.6 Å². The molecule has 0 bridgehead atoms. The van der Waals surface area contributed by atoms with Crippen molar-refractivity contribution in [3.05, 3.63) is 64.1 Å². The number of hydrogen-bond donors (Lipinski definition) is 2. The zero-order chi connectivity index (χ0) is 13.8. The Hall–Kier alpha value is -2.07. The summed E-state index contributed by atoms with van der Waals surface area (Å²) in [6.45, 7) is 0. The second-order valence-electron chi connectivity index (χ2n) is 3.95. The minimum atomic E-state index is -0.171. The average Bonchev–Trinajstić information content (AvgIpc) is 2.40. The van der Waals surface area contributed by atoms with Gasteiger partial charge in [0.2, 0.25) is 0 Å². The SMILES string of the molecule is O=C(/C=C/c1cc(O)ccc1O)c1ccc(Br)cc1. The molecule has 0 saturated carbocycles. The summed E-state index contributed by atoms with van der Waals surface area (Å²) < 4.78 is 0.902. The summed E-state index contributed by atoms with van der Waals surface area (Å²) in [6, 6.07) is 11.1. The summed E-state index contributed by atoms with van der Waals surface area (Å²) in [7, 11) is 0. The van der Waals surface area contributed by atoms with Crippen molar-refractivity contribution in [3.63, 3.8) is 0 Å². The van der Waals surface area contributed by atoms with E-state index < -0.39 is 0 Å². The monoisotopic (exact) mass is 318 g/mol.